The van der Waals surface area contributed by atoms with Gasteiger partial charge in [0.1, 0.15) is 5.75 Å². The summed E-state index contributed by atoms with van der Waals surface area (Å²) in [6.45, 7) is 3.05. The fraction of sp³-hybridized carbons (Fsp3) is 0.444. The Morgan fingerprint density at radius 2 is 1.80 bits per heavy atom. The molecule has 3 rings (SSSR count). The molecule has 1 fully saturated rings. The highest BCUT2D eigenvalue weighted by atomic mass is 16.3. The van der Waals surface area contributed by atoms with Gasteiger partial charge in [0.25, 0.3) is 0 Å². The molecule has 0 aliphatic heterocycles. The SMILES string of the molecule is CC1(NCc2c(O)ccc3ccccc23)CCCCC1. The standard InChI is InChI=1S/C18H23NO/c1-18(11-5-2-6-12-18)19-13-16-15-8-4-3-7-14(15)9-10-17(16)20/h3-4,7-10,19-20H,2,5-6,11-13H2,1H3. The molecule has 0 amide bonds. The van der Waals surface area contributed by atoms with Crippen LogP contribution in [0.1, 0.15) is 44.6 Å². The molecule has 0 unspecified atom stereocenters. The van der Waals surface area contributed by atoms with E-state index in [0.29, 0.717) is 5.75 Å². The predicted molar refractivity (Wildman–Crippen MR) is 83.9 cm³/mol. The van der Waals surface area contributed by atoms with E-state index in [1.165, 1.54) is 37.5 Å². The van der Waals surface area contributed by atoms with E-state index in [1.807, 2.05) is 24.3 Å². The van der Waals surface area contributed by atoms with Crippen molar-refractivity contribution in [2.24, 2.45) is 0 Å². The summed E-state index contributed by atoms with van der Waals surface area (Å²) in [5.41, 5.74) is 1.25. The molecule has 0 bridgehead atoms. The Kier molecular flexibility index (Phi) is 3.66. The third-order valence-electron chi connectivity index (χ3n) is 4.66. The molecule has 0 spiro atoms. The largest absolute Gasteiger partial charge is 0.508 e. The second-order valence-corrected chi connectivity index (χ2v) is 6.26. The number of phenols is 1. The Morgan fingerprint density at radius 3 is 2.60 bits per heavy atom. The molecule has 2 nitrogen and oxygen atoms in total. The Morgan fingerprint density at radius 1 is 1.05 bits per heavy atom. The van der Waals surface area contributed by atoms with Crippen LogP contribution in [0.25, 0.3) is 10.8 Å². The number of hydrogen-bond acceptors (Lipinski definition) is 2. The van der Waals surface area contributed by atoms with Gasteiger partial charge in [-0.15, -0.1) is 0 Å². The molecule has 20 heavy (non-hydrogen) atoms. The molecule has 0 aromatic heterocycles. The molecule has 1 aliphatic rings. The molecule has 0 heterocycles. The van der Waals surface area contributed by atoms with Gasteiger partial charge in [-0.2, -0.15) is 0 Å². The van der Waals surface area contributed by atoms with E-state index in [-0.39, 0.29) is 5.54 Å². The lowest BCUT2D eigenvalue weighted by Crippen LogP contribution is -2.43. The van der Waals surface area contributed by atoms with Crippen LogP contribution in [-0.2, 0) is 6.54 Å². The van der Waals surface area contributed by atoms with Crippen molar-refractivity contribution in [2.75, 3.05) is 0 Å². The van der Waals surface area contributed by atoms with Crippen LogP contribution < -0.4 is 5.32 Å². The van der Waals surface area contributed by atoms with Crippen LogP contribution in [0.3, 0.4) is 0 Å². The summed E-state index contributed by atoms with van der Waals surface area (Å²) in [6, 6.07) is 12.1. The van der Waals surface area contributed by atoms with Gasteiger partial charge in [0.05, 0.1) is 0 Å². The van der Waals surface area contributed by atoms with E-state index >= 15 is 0 Å². The maximum absolute atomic E-state index is 10.2. The quantitative estimate of drug-likeness (QED) is 0.867. The highest BCUT2D eigenvalue weighted by Gasteiger charge is 2.26. The smallest absolute Gasteiger partial charge is 0.120 e. The maximum atomic E-state index is 10.2. The van der Waals surface area contributed by atoms with Crippen molar-refractivity contribution in [3.8, 4) is 5.75 Å². The first kappa shape index (κ1) is 13.4. The van der Waals surface area contributed by atoms with Gasteiger partial charge in [-0.25, -0.2) is 0 Å². The number of hydrogen-bond donors (Lipinski definition) is 2. The van der Waals surface area contributed by atoms with Gasteiger partial charge >= 0.3 is 0 Å². The Balaban J connectivity index is 1.85. The average Bonchev–Trinajstić information content (AvgIpc) is 2.47. The van der Waals surface area contributed by atoms with Crippen molar-refractivity contribution in [1.29, 1.82) is 0 Å². The Labute approximate surface area is 120 Å². The van der Waals surface area contributed by atoms with Crippen molar-refractivity contribution in [2.45, 2.75) is 51.1 Å². The number of fused-ring (bicyclic) bond motifs is 1. The average molecular weight is 269 g/mol. The molecule has 2 aromatic carbocycles. The van der Waals surface area contributed by atoms with Crippen LogP contribution in [0.5, 0.6) is 5.75 Å². The van der Waals surface area contributed by atoms with Gasteiger partial charge in [0, 0.05) is 17.6 Å². The summed E-state index contributed by atoms with van der Waals surface area (Å²) in [5, 5.41) is 16.2. The summed E-state index contributed by atoms with van der Waals surface area (Å²) in [7, 11) is 0. The predicted octanol–water partition coefficient (Wildman–Crippen LogP) is 4.36. The minimum atomic E-state index is 0.224. The Hall–Kier alpha value is -1.54. The third kappa shape index (κ3) is 2.66. The topological polar surface area (TPSA) is 32.3 Å². The van der Waals surface area contributed by atoms with Crippen LogP contribution in [0.15, 0.2) is 36.4 Å². The summed E-state index contributed by atoms with van der Waals surface area (Å²) >= 11 is 0. The molecule has 1 saturated carbocycles. The first-order chi connectivity index (χ1) is 9.68. The normalized spacial score (nSPS) is 18.2. The van der Waals surface area contributed by atoms with Crippen molar-refractivity contribution < 1.29 is 5.11 Å². The molecule has 2 aromatic rings. The summed E-state index contributed by atoms with van der Waals surface area (Å²) in [4.78, 5) is 0. The van der Waals surface area contributed by atoms with E-state index in [0.717, 1.165) is 17.5 Å². The molecule has 0 saturated heterocycles. The molecule has 2 heteroatoms. The molecule has 0 radical (unpaired) electrons. The molecule has 0 atom stereocenters. The first-order valence-electron chi connectivity index (χ1n) is 7.63. The third-order valence-corrected chi connectivity index (χ3v) is 4.66. The second kappa shape index (κ2) is 5.45. The van der Waals surface area contributed by atoms with Crippen LogP contribution in [0.2, 0.25) is 0 Å². The monoisotopic (exact) mass is 269 g/mol. The number of nitrogens with one attached hydrogen (secondary N) is 1. The van der Waals surface area contributed by atoms with E-state index in [9.17, 15) is 5.11 Å². The second-order valence-electron chi connectivity index (χ2n) is 6.26. The highest BCUT2D eigenvalue weighted by Crippen LogP contribution is 2.31. The zero-order valence-electron chi connectivity index (χ0n) is 12.2. The zero-order chi connectivity index (χ0) is 14.0. The van der Waals surface area contributed by atoms with Crippen LogP contribution in [-0.4, -0.2) is 10.6 Å². The number of phenolic OH excluding ortho intramolecular Hbond substituents is 1. The van der Waals surface area contributed by atoms with Gasteiger partial charge in [0.15, 0.2) is 0 Å². The zero-order valence-corrected chi connectivity index (χ0v) is 12.2. The van der Waals surface area contributed by atoms with Crippen LogP contribution in [0.4, 0.5) is 0 Å². The van der Waals surface area contributed by atoms with E-state index in [4.69, 9.17) is 0 Å². The number of aromatic hydroxyl groups is 1. The van der Waals surface area contributed by atoms with Crippen molar-refractivity contribution in [3.63, 3.8) is 0 Å². The highest BCUT2D eigenvalue weighted by molar-refractivity contribution is 5.87. The lowest BCUT2D eigenvalue weighted by Gasteiger charge is -2.35. The molecule has 2 N–H and O–H groups in total. The molecular weight excluding hydrogens is 246 g/mol. The van der Waals surface area contributed by atoms with Gasteiger partial charge in [-0.05, 0) is 36.6 Å². The lowest BCUT2D eigenvalue weighted by molar-refractivity contribution is 0.252. The van der Waals surface area contributed by atoms with E-state index < -0.39 is 0 Å². The summed E-state index contributed by atoms with van der Waals surface area (Å²) in [6.07, 6.45) is 6.45. The van der Waals surface area contributed by atoms with Gasteiger partial charge < -0.3 is 10.4 Å². The van der Waals surface area contributed by atoms with Gasteiger partial charge in [-0.1, -0.05) is 49.6 Å². The van der Waals surface area contributed by atoms with Gasteiger partial charge in [-0.3, -0.25) is 0 Å². The fourth-order valence-corrected chi connectivity index (χ4v) is 3.32. The fourth-order valence-electron chi connectivity index (χ4n) is 3.32. The number of rotatable bonds is 3. The van der Waals surface area contributed by atoms with Crippen LogP contribution >= 0.6 is 0 Å². The Bertz CT molecular complexity index is 599. The number of benzene rings is 2. The van der Waals surface area contributed by atoms with Crippen molar-refractivity contribution in [1.82, 2.24) is 5.32 Å². The minimum Gasteiger partial charge on any atom is -0.508 e. The lowest BCUT2D eigenvalue weighted by atomic mass is 9.83. The van der Waals surface area contributed by atoms with Crippen LogP contribution in [0, 0.1) is 0 Å². The summed E-state index contributed by atoms with van der Waals surface area (Å²) < 4.78 is 0. The summed E-state index contributed by atoms with van der Waals surface area (Å²) in [5.74, 6) is 0.399. The maximum Gasteiger partial charge on any atom is 0.120 e. The van der Waals surface area contributed by atoms with Crippen molar-refractivity contribution >= 4 is 10.8 Å². The minimum absolute atomic E-state index is 0.224. The molecular formula is C18H23NO. The van der Waals surface area contributed by atoms with E-state index in [2.05, 4.69) is 24.4 Å². The molecule has 1 aliphatic carbocycles. The first-order valence-corrected chi connectivity index (χ1v) is 7.63. The van der Waals surface area contributed by atoms with E-state index in [1.54, 1.807) is 0 Å². The molecule has 106 valence electrons. The van der Waals surface area contributed by atoms with Crippen molar-refractivity contribution in [3.05, 3.63) is 42.0 Å². The van der Waals surface area contributed by atoms with Gasteiger partial charge in [0.2, 0.25) is 0 Å².